The van der Waals surface area contributed by atoms with Gasteiger partial charge in [-0.25, -0.2) is 12.8 Å². The van der Waals surface area contributed by atoms with Crippen LogP contribution in [0.25, 0.3) is 0 Å². The van der Waals surface area contributed by atoms with Crippen LogP contribution in [0.1, 0.15) is 24.5 Å². The number of hydrogen-bond donors (Lipinski definition) is 1. The van der Waals surface area contributed by atoms with Crippen LogP contribution in [0.5, 0.6) is 0 Å². The average Bonchev–Trinajstić information content (AvgIpc) is 2.99. The van der Waals surface area contributed by atoms with E-state index in [1.54, 1.807) is 6.07 Å². The summed E-state index contributed by atoms with van der Waals surface area (Å²) in [6.45, 7) is 5.55. The second-order valence-electron chi connectivity index (χ2n) is 8.44. The molecule has 0 spiro atoms. The molecule has 28 heavy (non-hydrogen) atoms. The van der Waals surface area contributed by atoms with Crippen LogP contribution in [0.15, 0.2) is 48.5 Å². The number of anilines is 1. The maximum atomic E-state index is 13.0. The minimum Gasteiger partial charge on any atom is -0.303 e. The van der Waals surface area contributed by atoms with Gasteiger partial charge in [-0.3, -0.25) is 4.72 Å². The Hall–Kier alpha value is -1.92. The molecule has 1 N–H and O–H groups in total. The summed E-state index contributed by atoms with van der Waals surface area (Å²) in [6.07, 6.45) is 3.23. The summed E-state index contributed by atoms with van der Waals surface area (Å²) in [7, 11) is -3.26. The number of piperidine rings is 1. The van der Waals surface area contributed by atoms with Crippen LogP contribution in [-0.4, -0.2) is 39.2 Å². The highest BCUT2D eigenvalue weighted by molar-refractivity contribution is 7.92. The minimum atomic E-state index is -3.26. The topological polar surface area (TPSA) is 49.4 Å². The molecule has 0 aromatic heterocycles. The Kier molecular flexibility index (Phi) is 4.96. The zero-order valence-corrected chi connectivity index (χ0v) is 17.2. The van der Waals surface area contributed by atoms with E-state index in [1.807, 2.05) is 24.3 Å². The first-order valence-electron chi connectivity index (χ1n) is 9.81. The van der Waals surface area contributed by atoms with Gasteiger partial charge in [-0.1, -0.05) is 31.2 Å². The molecule has 1 saturated carbocycles. The van der Waals surface area contributed by atoms with Crippen molar-refractivity contribution < 1.29 is 12.8 Å². The van der Waals surface area contributed by atoms with E-state index in [4.69, 9.17) is 0 Å². The summed E-state index contributed by atoms with van der Waals surface area (Å²) in [5.41, 5.74) is 3.19. The maximum Gasteiger partial charge on any atom is 0.229 e. The van der Waals surface area contributed by atoms with Crippen molar-refractivity contribution in [2.45, 2.75) is 25.2 Å². The minimum absolute atomic E-state index is 0.142. The summed E-state index contributed by atoms with van der Waals surface area (Å²) in [5.74, 6) is 1.08. The maximum absolute atomic E-state index is 13.0. The smallest absolute Gasteiger partial charge is 0.229 e. The quantitative estimate of drug-likeness (QED) is 0.769. The summed E-state index contributed by atoms with van der Waals surface area (Å²) < 4.78 is 38.6. The molecule has 0 radical (unpaired) electrons. The highest BCUT2D eigenvalue weighted by Crippen LogP contribution is 2.63. The molecule has 0 amide bonds. The standard InChI is InChI=1S/C22H27FN2O2S/c1-22(17-6-3-7-19(13-17)24-28(2,26)27)20-14-25(15-21(20)22)12-4-5-16-8-10-18(23)11-9-16/h3,6-11,13,20-21,24H,4-5,12,14-15H2,1-2H3. The van der Waals surface area contributed by atoms with Crippen molar-refractivity contribution in [3.63, 3.8) is 0 Å². The zero-order valence-electron chi connectivity index (χ0n) is 16.4. The van der Waals surface area contributed by atoms with Crippen molar-refractivity contribution in [3.8, 4) is 0 Å². The van der Waals surface area contributed by atoms with Gasteiger partial charge in [-0.05, 0) is 66.6 Å². The van der Waals surface area contributed by atoms with Crippen molar-refractivity contribution in [1.29, 1.82) is 0 Å². The highest BCUT2D eigenvalue weighted by atomic mass is 32.2. The van der Waals surface area contributed by atoms with Crippen molar-refractivity contribution >= 4 is 15.7 Å². The van der Waals surface area contributed by atoms with Gasteiger partial charge in [-0.2, -0.15) is 0 Å². The average molecular weight is 403 g/mol. The molecule has 2 aromatic rings. The lowest BCUT2D eigenvalue weighted by Gasteiger charge is -2.24. The molecule has 2 unspecified atom stereocenters. The third-order valence-corrected chi connectivity index (χ3v) is 7.07. The normalized spacial score (nSPS) is 26.8. The third-order valence-electron chi connectivity index (χ3n) is 6.47. The predicted octanol–water partition coefficient (Wildman–Crippen LogP) is 3.65. The van der Waals surface area contributed by atoms with Crippen molar-refractivity contribution in [3.05, 3.63) is 65.5 Å². The van der Waals surface area contributed by atoms with Crippen molar-refractivity contribution in [2.75, 3.05) is 30.6 Å². The molecule has 4 nitrogen and oxygen atoms in total. The lowest BCUT2D eigenvalue weighted by atomic mass is 9.92. The van der Waals surface area contributed by atoms with E-state index in [2.05, 4.69) is 22.6 Å². The second-order valence-corrected chi connectivity index (χ2v) is 10.2. The molecule has 2 aromatic carbocycles. The molecule has 2 fully saturated rings. The fourth-order valence-electron chi connectivity index (χ4n) is 4.86. The molecule has 6 heteroatoms. The zero-order chi connectivity index (χ0) is 19.9. The van der Waals surface area contributed by atoms with Gasteiger partial charge >= 0.3 is 0 Å². The van der Waals surface area contributed by atoms with E-state index in [0.717, 1.165) is 32.5 Å². The summed E-state index contributed by atoms with van der Waals surface area (Å²) >= 11 is 0. The van der Waals surface area contributed by atoms with Crippen molar-refractivity contribution in [1.82, 2.24) is 4.90 Å². The van der Waals surface area contributed by atoms with E-state index >= 15 is 0 Å². The third kappa shape index (κ3) is 3.94. The SMILES string of the molecule is CC1(c2cccc(NS(C)(=O)=O)c2)C2CN(CCCc3ccc(F)cc3)CC21. The first-order valence-corrected chi connectivity index (χ1v) is 11.7. The monoisotopic (exact) mass is 402 g/mol. The molecule has 1 heterocycles. The molecular weight excluding hydrogens is 375 g/mol. The number of nitrogens with zero attached hydrogens (tertiary/aromatic N) is 1. The second kappa shape index (κ2) is 7.16. The number of benzene rings is 2. The van der Waals surface area contributed by atoms with Crippen LogP contribution < -0.4 is 4.72 Å². The number of fused-ring (bicyclic) bond motifs is 1. The number of aryl methyl sites for hydroxylation is 1. The Labute approximate surface area is 166 Å². The number of sulfonamides is 1. The van der Waals surface area contributed by atoms with Gasteiger partial charge < -0.3 is 4.90 Å². The van der Waals surface area contributed by atoms with Crippen LogP contribution in [0.4, 0.5) is 10.1 Å². The molecule has 2 aliphatic rings. The molecule has 4 rings (SSSR count). The molecule has 2 atom stereocenters. The Morgan fingerprint density at radius 1 is 1.14 bits per heavy atom. The number of hydrogen-bond acceptors (Lipinski definition) is 3. The number of likely N-dealkylation sites (tertiary alicyclic amines) is 1. The fourth-order valence-corrected chi connectivity index (χ4v) is 5.42. The van der Waals surface area contributed by atoms with Gasteiger partial charge in [0.2, 0.25) is 10.0 Å². The lowest BCUT2D eigenvalue weighted by Crippen LogP contribution is -2.30. The van der Waals surface area contributed by atoms with Crippen LogP contribution in [-0.2, 0) is 21.9 Å². The first kappa shape index (κ1) is 19.4. The number of halogens is 1. The first-order chi connectivity index (χ1) is 13.3. The number of rotatable bonds is 7. The van der Waals surface area contributed by atoms with Gasteiger partial charge in [0.25, 0.3) is 0 Å². The van der Waals surface area contributed by atoms with Gasteiger partial charge in [-0.15, -0.1) is 0 Å². The highest BCUT2D eigenvalue weighted by Gasteiger charge is 2.65. The molecule has 1 saturated heterocycles. The van der Waals surface area contributed by atoms with Crippen LogP contribution in [0, 0.1) is 17.7 Å². The van der Waals surface area contributed by atoms with E-state index in [-0.39, 0.29) is 11.2 Å². The van der Waals surface area contributed by atoms with Crippen LogP contribution in [0.3, 0.4) is 0 Å². The van der Waals surface area contributed by atoms with Gasteiger partial charge in [0.15, 0.2) is 0 Å². The molecule has 0 bridgehead atoms. The van der Waals surface area contributed by atoms with Gasteiger partial charge in [0.1, 0.15) is 5.82 Å². The van der Waals surface area contributed by atoms with Gasteiger partial charge in [0.05, 0.1) is 6.26 Å². The summed E-state index contributed by atoms with van der Waals surface area (Å²) in [5, 5.41) is 0. The summed E-state index contributed by atoms with van der Waals surface area (Å²) in [4.78, 5) is 2.53. The van der Waals surface area contributed by atoms with E-state index < -0.39 is 10.0 Å². The molecule has 1 aliphatic carbocycles. The Morgan fingerprint density at radius 3 is 2.46 bits per heavy atom. The van der Waals surface area contributed by atoms with Crippen molar-refractivity contribution in [2.24, 2.45) is 11.8 Å². The van der Waals surface area contributed by atoms with Crippen LogP contribution in [0.2, 0.25) is 0 Å². The molecule has 1 aliphatic heterocycles. The predicted molar refractivity (Wildman–Crippen MR) is 110 cm³/mol. The lowest BCUT2D eigenvalue weighted by molar-refractivity contribution is 0.274. The fraction of sp³-hybridized carbons (Fsp3) is 0.455. The number of nitrogens with one attached hydrogen (secondary N) is 1. The Balaban J connectivity index is 1.31. The van der Waals surface area contributed by atoms with Gasteiger partial charge in [0, 0.05) is 24.2 Å². The molecular formula is C22H27FN2O2S. The Bertz CT molecular complexity index is 947. The van der Waals surface area contributed by atoms with E-state index in [1.165, 1.54) is 29.5 Å². The van der Waals surface area contributed by atoms with E-state index in [0.29, 0.717) is 17.5 Å². The molecule has 150 valence electrons. The van der Waals surface area contributed by atoms with Crippen LogP contribution >= 0.6 is 0 Å². The summed E-state index contributed by atoms with van der Waals surface area (Å²) in [6, 6.07) is 14.6. The van der Waals surface area contributed by atoms with E-state index in [9.17, 15) is 12.8 Å². The largest absolute Gasteiger partial charge is 0.303 e. The Morgan fingerprint density at radius 2 is 1.82 bits per heavy atom.